The Labute approximate surface area is 111 Å². The van der Waals surface area contributed by atoms with Crippen LogP contribution in [0.25, 0.3) is 0 Å². The Balaban J connectivity index is 2.91. The smallest absolute Gasteiger partial charge is 0.241 e. The fourth-order valence-electron chi connectivity index (χ4n) is 1.33. The zero-order valence-corrected chi connectivity index (χ0v) is 11.1. The van der Waals surface area contributed by atoms with Gasteiger partial charge in [-0.2, -0.15) is 5.26 Å². The summed E-state index contributed by atoms with van der Waals surface area (Å²) in [6, 6.07) is 5.89. The second kappa shape index (κ2) is 6.71. The van der Waals surface area contributed by atoms with Gasteiger partial charge in [-0.05, 0) is 31.0 Å². The van der Waals surface area contributed by atoms with E-state index in [1.807, 2.05) is 6.07 Å². The molecule has 0 atom stereocenters. The van der Waals surface area contributed by atoms with Crippen LogP contribution in [0, 0.1) is 11.3 Å². The van der Waals surface area contributed by atoms with Crippen molar-refractivity contribution >= 4 is 21.6 Å². The molecule has 2 N–H and O–H groups in total. The molecule has 0 saturated carbocycles. The highest BCUT2D eigenvalue weighted by molar-refractivity contribution is 7.89. The van der Waals surface area contributed by atoms with Gasteiger partial charge in [-0.25, -0.2) is 13.1 Å². The summed E-state index contributed by atoms with van der Waals surface area (Å²) in [5, 5.41) is 17.7. The van der Waals surface area contributed by atoms with Crippen LogP contribution in [0.3, 0.4) is 0 Å². The lowest BCUT2D eigenvalue weighted by Gasteiger charge is -2.08. The van der Waals surface area contributed by atoms with Gasteiger partial charge in [-0.15, -0.1) is 0 Å². The Bertz CT molecular complexity index is 552. The minimum atomic E-state index is -3.74. The quantitative estimate of drug-likeness (QED) is 0.771. The van der Waals surface area contributed by atoms with Crippen molar-refractivity contribution in [1.29, 1.82) is 5.26 Å². The summed E-state index contributed by atoms with van der Waals surface area (Å²) in [6.07, 6.45) is 1.04. The van der Waals surface area contributed by atoms with Gasteiger partial charge in [0.05, 0.1) is 5.56 Å². The monoisotopic (exact) mass is 288 g/mol. The molecule has 0 saturated heterocycles. The van der Waals surface area contributed by atoms with Gasteiger partial charge in [0.25, 0.3) is 0 Å². The van der Waals surface area contributed by atoms with Gasteiger partial charge in [0.15, 0.2) is 0 Å². The molecule has 7 heteroatoms. The van der Waals surface area contributed by atoms with Gasteiger partial charge < -0.3 is 5.11 Å². The lowest BCUT2D eigenvalue weighted by molar-refractivity contribution is 0.285. The minimum Gasteiger partial charge on any atom is -0.396 e. The minimum absolute atomic E-state index is 0.0162. The highest BCUT2D eigenvalue weighted by Crippen LogP contribution is 2.20. The molecule has 1 aromatic rings. The third-order valence-corrected chi connectivity index (χ3v) is 3.97. The first-order chi connectivity index (χ1) is 8.51. The number of benzene rings is 1. The number of sulfonamides is 1. The van der Waals surface area contributed by atoms with Crippen molar-refractivity contribution in [1.82, 2.24) is 4.72 Å². The molecule has 5 nitrogen and oxygen atoms in total. The fourth-order valence-corrected chi connectivity index (χ4v) is 2.82. The van der Waals surface area contributed by atoms with Gasteiger partial charge >= 0.3 is 0 Å². The van der Waals surface area contributed by atoms with E-state index < -0.39 is 10.0 Å². The molecule has 1 aromatic carbocycles. The number of aliphatic hydroxyl groups is 1. The van der Waals surface area contributed by atoms with E-state index in [1.54, 1.807) is 0 Å². The average Bonchev–Trinajstić information content (AvgIpc) is 2.35. The summed E-state index contributed by atoms with van der Waals surface area (Å²) in [7, 11) is -3.74. The Morgan fingerprint density at radius 2 is 2.11 bits per heavy atom. The number of nitrogens with one attached hydrogen (secondary N) is 1. The maximum absolute atomic E-state index is 11.9. The highest BCUT2D eigenvalue weighted by Gasteiger charge is 2.18. The van der Waals surface area contributed by atoms with Crippen LogP contribution < -0.4 is 4.72 Å². The number of hydrogen-bond acceptors (Lipinski definition) is 4. The normalized spacial score (nSPS) is 11.2. The van der Waals surface area contributed by atoms with Crippen molar-refractivity contribution in [2.45, 2.75) is 17.7 Å². The number of nitrogens with zero attached hydrogens (tertiary/aromatic N) is 1. The molecular formula is C11H13ClN2O3S. The molecule has 1 rings (SSSR count). The Morgan fingerprint density at radius 1 is 1.39 bits per heavy atom. The summed E-state index contributed by atoms with van der Waals surface area (Å²) >= 11 is 5.73. The number of halogens is 1. The Morgan fingerprint density at radius 3 is 2.72 bits per heavy atom. The second-order valence-corrected chi connectivity index (χ2v) is 5.75. The van der Waals surface area contributed by atoms with Gasteiger partial charge in [0.2, 0.25) is 10.0 Å². The van der Waals surface area contributed by atoms with Crippen LogP contribution in [0.2, 0.25) is 5.02 Å². The lowest BCUT2D eigenvalue weighted by Crippen LogP contribution is -2.25. The van der Waals surface area contributed by atoms with Crippen LogP contribution in [0.1, 0.15) is 18.4 Å². The lowest BCUT2D eigenvalue weighted by atomic mass is 10.2. The predicted octanol–water partition coefficient (Wildman–Crippen LogP) is 1.26. The highest BCUT2D eigenvalue weighted by atomic mass is 35.5. The maximum atomic E-state index is 11.9. The number of rotatable bonds is 6. The molecule has 0 fully saturated rings. The van der Waals surface area contributed by atoms with Crippen molar-refractivity contribution in [2.75, 3.05) is 13.2 Å². The Kier molecular flexibility index (Phi) is 5.56. The molecule has 0 aliphatic heterocycles. The van der Waals surface area contributed by atoms with Gasteiger partial charge in [0.1, 0.15) is 11.0 Å². The summed E-state index contributed by atoms with van der Waals surface area (Å²) in [5.41, 5.74) is 0.0501. The number of hydrogen-bond donors (Lipinski definition) is 2. The molecule has 0 bridgehead atoms. The van der Waals surface area contributed by atoms with Crippen LogP contribution in [0.4, 0.5) is 0 Å². The van der Waals surface area contributed by atoms with Crippen LogP contribution in [-0.4, -0.2) is 26.7 Å². The molecule has 0 aliphatic rings. The zero-order chi connectivity index (χ0) is 13.6. The van der Waals surface area contributed by atoms with Gasteiger partial charge in [-0.3, -0.25) is 0 Å². The van der Waals surface area contributed by atoms with E-state index in [-0.39, 0.29) is 28.6 Å². The van der Waals surface area contributed by atoms with E-state index in [4.69, 9.17) is 22.0 Å². The van der Waals surface area contributed by atoms with E-state index in [1.165, 1.54) is 18.2 Å². The largest absolute Gasteiger partial charge is 0.396 e. The average molecular weight is 289 g/mol. The van der Waals surface area contributed by atoms with Crippen molar-refractivity contribution in [2.24, 2.45) is 0 Å². The molecule has 0 radical (unpaired) electrons. The topological polar surface area (TPSA) is 90.2 Å². The molecule has 0 amide bonds. The molecule has 18 heavy (non-hydrogen) atoms. The number of nitriles is 1. The molecule has 0 heterocycles. The number of unbranched alkanes of at least 4 members (excludes halogenated alkanes) is 1. The summed E-state index contributed by atoms with van der Waals surface area (Å²) in [6.45, 7) is 0.225. The predicted molar refractivity (Wildman–Crippen MR) is 67.7 cm³/mol. The molecule has 98 valence electrons. The Hall–Kier alpha value is -1.13. The summed E-state index contributed by atoms with van der Waals surface area (Å²) in [4.78, 5) is -0.124. The first kappa shape index (κ1) is 14.9. The first-order valence-corrected chi connectivity index (χ1v) is 7.17. The van der Waals surface area contributed by atoms with Crippen molar-refractivity contribution in [3.63, 3.8) is 0 Å². The third kappa shape index (κ3) is 3.96. The third-order valence-electron chi connectivity index (χ3n) is 2.23. The van der Waals surface area contributed by atoms with Crippen LogP contribution in [0.15, 0.2) is 23.1 Å². The molecule has 0 spiro atoms. The van der Waals surface area contributed by atoms with Gasteiger partial charge in [0, 0.05) is 18.2 Å². The SMILES string of the molecule is N#Cc1ccc(Cl)cc1S(=O)(=O)NCCCCO. The van der Waals surface area contributed by atoms with Crippen LogP contribution in [-0.2, 0) is 10.0 Å². The molecule has 0 unspecified atom stereocenters. The second-order valence-electron chi connectivity index (χ2n) is 3.58. The van der Waals surface area contributed by atoms with Crippen molar-refractivity contribution < 1.29 is 13.5 Å². The summed E-state index contributed by atoms with van der Waals surface area (Å²) < 4.78 is 26.3. The van der Waals surface area contributed by atoms with Crippen LogP contribution >= 0.6 is 11.6 Å². The molecule has 0 aromatic heterocycles. The van der Waals surface area contributed by atoms with E-state index in [2.05, 4.69) is 4.72 Å². The maximum Gasteiger partial charge on any atom is 0.241 e. The molecular weight excluding hydrogens is 276 g/mol. The summed E-state index contributed by atoms with van der Waals surface area (Å²) in [5.74, 6) is 0. The van der Waals surface area contributed by atoms with Gasteiger partial charge in [-0.1, -0.05) is 11.6 Å². The van der Waals surface area contributed by atoms with E-state index >= 15 is 0 Å². The van der Waals surface area contributed by atoms with Crippen molar-refractivity contribution in [3.8, 4) is 6.07 Å². The van der Waals surface area contributed by atoms with E-state index in [9.17, 15) is 8.42 Å². The zero-order valence-electron chi connectivity index (χ0n) is 9.56. The van der Waals surface area contributed by atoms with E-state index in [0.29, 0.717) is 12.8 Å². The standard InChI is InChI=1S/C11H13ClN2O3S/c12-10-4-3-9(8-13)11(7-10)18(16,17)14-5-1-2-6-15/h3-4,7,14-15H,1-2,5-6H2. The molecule has 0 aliphatic carbocycles. The van der Waals surface area contributed by atoms with Crippen LogP contribution in [0.5, 0.6) is 0 Å². The van der Waals surface area contributed by atoms with Crippen molar-refractivity contribution in [3.05, 3.63) is 28.8 Å². The first-order valence-electron chi connectivity index (χ1n) is 5.31. The van der Waals surface area contributed by atoms with E-state index in [0.717, 1.165) is 0 Å². The number of aliphatic hydroxyl groups excluding tert-OH is 1. The fraction of sp³-hybridized carbons (Fsp3) is 0.364.